The van der Waals surface area contributed by atoms with E-state index >= 15 is 0 Å². The quantitative estimate of drug-likeness (QED) is 0.566. The van der Waals surface area contributed by atoms with Gasteiger partial charge in [-0.2, -0.15) is 0 Å². The fourth-order valence-corrected chi connectivity index (χ4v) is 2.64. The maximum atomic E-state index is 12.0. The van der Waals surface area contributed by atoms with Crippen molar-refractivity contribution in [2.75, 3.05) is 0 Å². The van der Waals surface area contributed by atoms with Crippen molar-refractivity contribution >= 4 is 22.1 Å². The van der Waals surface area contributed by atoms with Crippen molar-refractivity contribution in [1.82, 2.24) is 14.1 Å². The number of aromatic nitrogens is 3. The van der Waals surface area contributed by atoms with Gasteiger partial charge in [-0.05, 0) is 24.3 Å². The monoisotopic (exact) mass is 279 g/mol. The Morgan fingerprint density at radius 3 is 2.57 bits per heavy atom. The number of benzene rings is 2. The molecule has 2 heterocycles. The molecular formula is C16H13N3O2. The standard InChI is InChI=1S/C16H13N3O2/c1-18-12-7-3-2-6-11(12)17-15(18)10-19-13-8-4-5-9-14(13)21-16(19)20/h2-9H,10H2,1H3. The minimum atomic E-state index is -0.358. The average Bonchev–Trinajstić information content (AvgIpc) is 2.99. The molecule has 0 amide bonds. The number of hydrogen-bond donors (Lipinski definition) is 0. The molecular weight excluding hydrogens is 266 g/mol. The van der Waals surface area contributed by atoms with E-state index in [2.05, 4.69) is 4.98 Å². The lowest BCUT2D eigenvalue weighted by Gasteiger charge is -2.03. The van der Waals surface area contributed by atoms with E-state index in [0.29, 0.717) is 12.1 Å². The van der Waals surface area contributed by atoms with Crippen molar-refractivity contribution in [3.63, 3.8) is 0 Å². The Balaban J connectivity index is 1.89. The topological polar surface area (TPSA) is 53.0 Å². The number of imidazole rings is 1. The number of oxazole rings is 1. The lowest BCUT2D eigenvalue weighted by atomic mass is 10.3. The number of rotatable bonds is 2. The van der Waals surface area contributed by atoms with Gasteiger partial charge in [0.1, 0.15) is 5.82 Å². The number of hydrogen-bond acceptors (Lipinski definition) is 3. The number of nitrogens with zero attached hydrogens (tertiary/aromatic N) is 3. The summed E-state index contributed by atoms with van der Waals surface area (Å²) in [7, 11) is 1.96. The Morgan fingerprint density at radius 2 is 1.76 bits per heavy atom. The summed E-state index contributed by atoms with van der Waals surface area (Å²) in [6, 6.07) is 15.3. The second kappa shape index (κ2) is 4.34. The zero-order valence-electron chi connectivity index (χ0n) is 11.5. The van der Waals surface area contributed by atoms with E-state index in [9.17, 15) is 4.79 Å². The Kier molecular flexibility index (Phi) is 2.47. The summed E-state index contributed by atoms with van der Waals surface area (Å²) in [5, 5.41) is 0. The lowest BCUT2D eigenvalue weighted by Crippen LogP contribution is -2.17. The Hall–Kier alpha value is -2.82. The summed E-state index contributed by atoms with van der Waals surface area (Å²) in [5.41, 5.74) is 3.36. The zero-order valence-corrected chi connectivity index (χ0v) is 11.5. The normalized spacial score (nSPS) is 11.5. The molecule has 0 radical (unpaired) electrons. The maximum absolute atomic E-state index is 12.0. The SMILES string of the molecule is Cn1c(Cn2c(=O)oc3ccccc32)nc2ccccc21. The second-order valence-electron chi connectivity index (χ2n) is 5.00. The fraction of sp³-hybridized carbons (Fsp3) is 0.125. The van der Waals surface area contributed by atoms with Gasteiger partial charge in [-0.3, -0.25) is 4.57 Å². The molecule has 4 aromatic rings. The van der Waals surface area contributed by atoms with Crippen molar-refractivity contribution in [1.29, 1.82) is 0 Å². The van der Waals surface area contributed by atoms with Gasteiger partial charge >= 0.3 is 5.76 Å². The van der Waals surface area contributed by atoms with Crippen molar-refractivity contribution in [2.45, 2.75) is 6.54 Å². The molecule has 4 rings (SSSR count). The largest absolute Gasteiger partial charge is 0.420 e. The van der Waals surface area contributed by atoms with Crippen LogP contribution in [0.4, 0.5) is 0 Å². The van der Waals surface area contributed by atoms with E-state index in [1.54, 1.807) is 10.6 Å². The molecule has 5 heteroatoms. The van der Waals surface area contributed by atoms with Crippen molar-refractivity contribution in [3.05, 3.63) is 64.9 Å². The van der Waals surface area contributed by atoms with Gasteiger partial charge < -0.3 is 8.98 Å². The minimum absolute atomic E-state index is 0.358. The number of para-hydroxylation sites is 4. The van der Waals surface area contributed by atoms with Crippen LogP contribution in [-0.2, 0) is 13.6 Å². The molecule has 0 saturated carbocycles. The van der Waals surface area contributed by atoms with Crippen LogP contribution in [0.3, 0.4) is 0 Å². The highest BCUT2D eigenvalue weighted by Gasteiger charge is 2.13. The van der Waals surface area contributed by atoms with Crippen molar-refractivity contribution in [3.8, 4) is 0 Å². The molecule has 2 aromatic heterocycles. The van der Waals surface area contributed by atoms with Gasteiger partial charge in [-0.15, -0.1) is 0 Å². The molecule has 2 aromatic carbocycles. The lowest BCUT2D eigenvalue weighted by molar-refractivity contribution is 0.512. The smallest absolute Gasteiger partial charge is 0.408 e. The van der Waals surface area contributed by atoms with Crippen LogP contribution < -0.4 is 5.76 Å². The van der Waals surface area contributed by atoms with E-state index in [-0.39, 0.29) is 5.76 Å². The molecule has 104 valence electrons. The Bertz CT molecular complexity index is 1010. The van der Waals surface area contributed by atoms with Crippen LogP contribution in [0.1, 0.15) is 5.82 Å². The van der Waals surface area contributed by atoms with Gasteiger partial charge in [0.05, 0.1) is 23.1 Å². The molecule has 0 aliphatic carbocycles. The Labute approximate surface area is 120 Å². The predicted molar refractivity (Wildman–Crippen MR) is 80.3 cm³/mol. The molecule has 0 fully saturated rings. The minimum Gasteiger partial charge on any atom is -0.408 e. The highest BCUT2D eigenvalue weighted by atomic mass is 16.4. The third-order valence-corrected chi connectivity index (χ3v) is 3.75. The third-order valence-electron chi connectivity index (χ3n) is 3.75. The zero-order chi connectivity index (χ0) is 14.4. The van der Waals surface area contributed by atoms with Crippen molar-refractivity contribution in [2.24, 2.45) is 7.05 Å². The Morgan fingerprint density at radius 1 is 1.05 bits per heavy atom. The molecule has 0 unspecified atom stereocenters. The van der Waals surface area contributed by atoms with Gasteiger partial charge in [-0.1, -0.05) is 24.3 Å². The fourth-order valence-electron chi connectivity index (χ4n) is 2.64. The number of fused-ring (bicyclic) bond motifs is 2. The highest BCUT2D eigenvalue weighted by Crippen LogP contribution is 2.17. The van der Waals surface area contributed by atoms with E-state index in [4.69, 9.17) is 4.42 Å². The summed E-state index contributed by atoms with van der Waals surface area (Å²) in [6.45, 7) is 0.390. The third kappa shape index (κ3) is 1.78. The molecule has 0 saturated heterocycles. The van der Waals surface area contributed by atoms with Crippen LogP contribution >= 0.6 is 0 Å². The molecule has 0 aliphatic rings. The van der Waals surface area contributed by atoms with E-state index < -0.39 is 0 Å². The van der Waals surface area contributed by atoms with E-state index in [0.717, 1.165) is 22.4 Å². The molecule has 21 heavy (non-hydrogen) atoms. The van der Waals surface area contributed by atoms with Crippen LogP contribution in [0.5, 0.6) is 0 Å². The summed E-state index contributed by atoms with van der Waals surface area (Å²) >= 11 is 0. The first-order valence-electron chi connectivity index (χ1n) is 6.73. The van der Waals surface area contributed by atoms with Crippen LogP contribution in [0.25, 0.3) is 22.1 Å². The molecule has 0 atom stereocenters. The maximum Gasteiger partial charge on any atom is 0.420 e. The molecule has 0 aliphatic heterocycles. The predicted octanol–water partition coefficient (Wildman–Crippen LogP) is 2.53. The van der Waals surface area contributed by atoms with Crippen LogP contribution in [-0.4, -0.2) is 14.1 Å². The molecule has 0 N–H and O–H groups in total. The summed E-state index contributed by atoms with van der Waals surface area (Å²) < 4.78 is 8.87. The second-order valence-corrected chi connectivity index (χ2v) is 5.00. The highest BCUT2D eigenvalue weighted by molar-refractivity contribution is 5.76. The first-order chi connectivity index (χ1) is 10.2. The van der Waals surface area contributed by atoms with Crippen LogP contribution in [0, 0.1) is 0 Å². The van der Waals surface area contributed by atoms with E-state index in [1.165, 1.54) is 0 Å². The van der Waals surface area contributed by atoms with Gasteiger partial charge in [0, 0.05) is 7.05 Å². The van der Waals surface area contributed by atoms with Crippen molar-refractivity contribution < 1.29 is 4.42 Å². The summed E-state index contributed by atoms with van der Waals surface area (Å²) in [4.78, 5) is 16.6. The van der Waals surface area contributed by atoms with Gasteiger partial charge in [0.25, 0.3) is 0 Å². The van der Waals surface area contributed by atoms with E-state index in [1.807, 2.05) is 54.1 Å². The first-order valence-corrected chi connectivity index (χ1v) is 6.73. The van der Waals surface area contributed by atoms with Crippen LogP contribution in [0.2, 0.25) is 0 Å². The first kappa shape index (κ1) is 12.0. The van der Waals surface area contributed by atoms with Gasteiger partial charge in [0.15, 0.2) is 5.58 Å². The summed E-state index contributed by atoms with van der Waals surface area (Å²) in [5.74, 6) is 0.466. The number of aryl methyl sites for hydroxylation is 1. The van der Waals surface area contributed by atoms with Gasteiger partial charge in [-0.25, -0.2) is 9.78 Å². The molecule has 0 spiro atoms. The van der Waals surface area contributed by atoms with Crippen LogP contribution in [0.15, 0.2) is 57.7 Å². The molecule has 5 nitrogen and oxygen atoms in total. The summed E-state index contributed by atoms with van der Waals surface area (Å²) in [6.07, 6.45) is 0. The molecule has 0 bridgehead atoms. The van der Waals surface area contributed by atoms with Gasteiger partial charge in [0.2, 0.25) is 0 Å². The average molecular weight is 279 g/mol.